The number of fused-ring (bicyclic) bond motifs is 1. The maximum Gasteiger partial charge on any atom is 0.0105 e. The lowest BCUT2D eigenvalue weighted by molar-refractivity contribution is 0.101. The fourth-order valence-corrected chi connectivity index (χ4v) is 5.33. The van der Waals surface area contributed by atoms with Gasteiger partial charge in [0.1, 0.15) is 0 Å². The van der Waals surface area contributed by atoms with Crippen molar-refractivity contribution in [2.75, 3.05) is 13.1 Å². The van der Waals surface area contributed by atoms with Gasteiger partial charge in [0.2, 0.25) is 0 Å². The Bertz CT molecular complexity index is 763. The number of nitrogens with zero attached hydrogens (tertiary/aromatic N) is 1. The van der Waals surface area contributed by atoms with Crippen LogP contribution in [0.5, 0.6) is 0 Å². The van der Waals surface area contributed by atoms with Crippen LogP contribution in [0.25, 0.3) is 0 Å². The molecule has 0 aromatic heterocycles. The molecule has 0 bridgehead atoms. The fraction of sp³-hybridized carbons (Fsp3) is 0.520. The van der Waals surface area contributed by atoms with Crippen molar-refractivity contribution in [3.05, 3.63) is 70.3 Å². The predicted molar refractivity (Wildman–Crippen MR) is 111 cm³/mol. The molecule has 2 aliphatic heterocycles. The zero-order valence-corrected chi connectivity index (χ0v) is 16.8. The Morgan fingerprint density at radius 2 is 1.62 bits per heavy atom. The van der Waals surface area contributed by atoms with Crippen molar-refractivity contribution < 1.29 is 0 Å². The first kappa shape index (κ1) is 17.8. The number of benzene rings is 2. The third kappa shape index (κ3) is 3.47. The molecule has 1 nitrogen and oxygen atoms in total. The molecular weight excluding hydrogens is 314 g/mol. The van der Waals surface area contributed by atoms with Crippen LogP contribution in [0.1, 0.15) is 53.5 Å². The molecule has 2 heterocycles. The first-order valence-electron chi connectivity index (χ1n) is 10.4. The predicted octanol–water partition coefficient (Wildman–Crippen LogP) is 5.67. The Labute approximate surface area is 159 Å². The van der Waals surface area contributed by atoms with Gasteiger partial charge in [0.25, 0.3) is 0 Å². The summed E-state index contributed by atoms with van der Waals surface area (Å²) in [5, 5.41) is 0. The van der Waals surface area contributed by atoms with Gasteiger partial charge in [0.05, 0.1) is 0 Å². The van der Waals surface area contributed by atoms with Crippen molar-refractivity contribution in [2.45, 2.75) is 58.9 Å². The van der Waals surface area contributed by atoms with E-state index in [9.17, 15) is 0 Å². The molecule has 0 amide bonds. The molecule has 2 fully saturated rings. The smallest absolute Gasteiger partial charge is 0.0105 e. The Morgan fingerprint density at radius 3 is 2.38 bits per heavy atom. The van der Waals surface area contributed by atoms with Crippen LogP contribution in [-0.4, -0.2) is 24.0 Å². The van der Waals surface area contributed by atoms with E-state index in [1.165, 1.54) is 54.6 Å². The maximum absolute atomic E-state index is 2.78. The van der Waals surface area contributed by atoms with Gasteiger partial charge in [0.15, 0.2) is 0 Å². The fourth-order valence-electron chi connectivity index (χ4n) is 5.33. The van der Waals surface area contributed by atoms with Crippen LogP contribution in [0.2, 0.25) is 0 Å². The molecule has 0 aliphatic carbocycles. The van der Waals surface area contributed by atoms with Gasteiger partial charge in [-0.3, -0.25) is 4.90 Å². The molecule has 2 aromatic carbocycles. The third-order valence-corrected chi connectivity index (χ3v) is 7.14. The minimum Gasteiger partial charge on any atom is -0.299 e. The Hall–Kier alpha value is -1.60. The van der Waals surface area contributed by atoms with Crippen LogP contribution in [-0.2, 0) is 6.42 Å². The summed E-state index contributed by atoms with van der Waals surface area (Å²) < 4.78 is 0. The standard InChI is InChI=1S/C25H33N/c1-17-10-19(3)22(11-18(17)2)12-23-13-25-14-24(16-26(25)15-20(23)4)21-8-6-5-7-9-21/h5-11,20,23-25H,12-16H2,1-4H3. The van der Waals surface area contributed by atoms with Crippen molar-refractivity contribution in [1.29, 1.82) is 0 Å². The topological polar surface area (TPSA) is 3.24 Å². The molecule has 26 heavy (non-hydrogen) atoms. The van der Waals surface area contributed by atoms with Crippen LogP contribution in [0.15, 0.2) is 42.5 Å². The van der Waals surface area contributed by atoms with E-state index >= 15 is 0 Å². The largest absolute Gasteiger partial charge is 0.299 e. The number of piperidine rings is 1. The first-order chi connectivity index (χ1) is 12.5. The van der Waals surface area contributed by atoms with Gasteiger partial charge in [-0.15, -0.1) is 0 Å². The van der Waals surface area contributed by atoms with Gasteiger partial charge in [0, 0.05) is 19.1 Å². The highest BCUT2D eigenvalue weighted by molar-refractivity contribution is 5.36. The summed E-state index contributed by atoms with van der Waals surface area (Å²) >= 11 is 0. The summed E-state index contributed by atoms with van der Waals surface area (Å²) in [4.78, 5) is 2.78. The number of hydrogen-bond donors (Lipinski definition) is 0. The van der Waals surface area contributed by atoms with E-state index in [2.05, 4.69) is 75.1 Å². The minimum atomic E-state index is 0.732. The minimum absolute atomic E-state index is 0.732. The lowest BCUT2D eigenvalue weighted by Crippen LogP contribution is -2.43. The van der Waals surface area contributed by atoms with Crippen LogP contribution >= 0.6 is 0 Å². The molecule has 2 aliphatic rings. The maximum atomic E-state index is 2.78. The summed E-state index contributed by atoms with van der Waals surface area (Å²) in [5.41, 5.74) is 7.47. The summed E-state index contributed by atoms with van der Waals surface area (Å²) in [5.74, 6) is 2.35. The van der Waals surface area contributed by atoms with Crippen molar-refractivity contribution in [3.63, 3.8) is 0 Å². The molecule has 0 N–H and O–H groups in total. The molecule has 138 valence electrons. The number of hydrogen-bond acceptors (Lipinski definition) is 1. The highest BCUT2D eigenvalue weighted by Crippen LogP contribution is 2.41. The van der Waals surface area contributed by atoms with Crippen molar-refractivity contribution in [2.24, 2.45) is 11.8 Å². The van der Waals surface area contributed by atoms with E-state index in [1.807, 2.05) is 0 Å². The average molecular weight is 348 g/mol. The summed E-state index contributed by atoms with van der Waals surface area (Å²) in [6.45, 7) is 11.8. The molecule has 0 radical (unpaired) electrons. The molecule has 0 saturated carbocycles. The molecular formula is C25H33N. The van der Waals surface area contributed by atoms with E-state index < -0.39 is 0 Å². The molecule has 1 heteroatoms. The monoisotopic (exact) mass is 347 g/mol. The quantitative estimate of drug-likeness (QED) is 0.691. The molecule has 4 atom stereocenters. The second kappa shape index (κ2) is 7.19. The van der Waals surface area contributed by atoms with E-state index in [0.717, 1.165) is 23.8 Å². The highest BCUT2D eigenvalue weighted by atomic mass is 15.2. The van der Waals surface area contributed by atoms with E-state index in [0.29, 0.717) is 0 Å². The second-order valence-corrected chi connectivity index (χ2v) is 8.99. The Morgan fingerprint density at radius 1 is 0.885 bits per heavy atom. The van der Waals surface area contributed by atoms with Crippen molar-refractivity contribution in [1.82, 2.24) is 4.90 Å². The SMILES string of the molecule is Cc1cc(C)c(CC2CC3CC(c4ccccc4)CN3CC2C)cc1C. The van der Waals surface area contributed by atoms with Gasteiger partial charge < -0.3 is 0 Å². The second-order valence-electron chi connectivity index (χ2n) is 8.99. The third-order valence-electron chi connectivity index (χ3n) is 7.14. The van der Waals surface area contributed by atoms with E-state index in [1.54, 1.807) is 5.56 Å². The normalized spacial score (nSPS) is 28.9. The van der Waals surface area contributed by atoms with Crippen LogP contribution in [0.3, 0.4) is 0 Å². The van der Waals surface area contributed by atoms with Crippen LogP contribution in [0, 0.1) is 32.6 Å². The zero-order valence-electron chi connectivity index (χ0n) is 16.8. The van der Waals surface area contributed by atoms with E-state index in [-0.39, 0.29) is 0 Å². The highest BCUT2D eigenvalue weighted by Gasteiger charge is 2.40. The average Bonchev–Trinajstić information content (AvgIpc) is 3.03. The summed E-state index contributed by atoms with van der Waals surface area (Å²) in [7, 11) is 0. The lowest BCUT2D eigenvalue weighted by Gasteiger charge is -2.39. The summed E-state index contributed by atoms with van der Waals surface area (Å²) in [6.07, 6.45) is 3.98. The van der Waals surface area contributed by atoms with E-state index in [4.69, 9.17) is 0 Å². The van der Waals surface area contributed by atoms with Gasteiger partial charge in [-0.1, -0.05) is 49.4 Å². The lowest BCUT2D eigenvalue weighted by atomic mass is 9.78. The van der Waals surface area contributed by atoms with Gasteiger partial charge in [-0.05, 0) is 85.6 Å². The molecule has 0 spiro atoms. The Kier molecular flexibility index (Phi) is 4.92. The molecule has 4 unspecified atom stereocenters. The number of aryl methyl sites for hydroxylation is 3. The van der Waals surface area contributed by atoms with Crippen molar-refractivity contribution in [3.8, 4) is 0 Å². The van der Waals surface area contributed by atoms with Crippen LogP contribution < -0.4 is 0 Å². The van der Waals surface area contributed by atoms with Gasteiger partial charge in [-0.25, -0.2) is 0 Å². The molecule has 4 rings (SSSR count). The van der Waals surface area contributed by atoms with Crippen molar-refractivity contribution >= 4 is 0 Å². The van der Waals surface area contributed by atoms with Gasteiger partial charge >= 0.3 is 0 Å². The van der Waals surface area contributed by atoms with Crippen LogP contribution in [0.4, 0.5) is 0 Å². The first-order valence-corrected chi connectivity index (χ1v) is 10.4. The summed E-state index contributed by atoms with van der Waals surface area (Å²) in [6, 6.07) is 16.8. The molecule has 2 saturated heterocycles. The molecule has 2 aromatic rings. The Balaban J connectivity index is 1.47. The number of rotatable bonds is 3. The van der Waals surface area contributed by atoms with Gasteiger partial charge in [-0.2, -0.15) is 0 Å². The zero-order chi connectivity index (χ0) is 18.3.